The molecule has 0 aliphatic carbocycles. The Morgan fingerprint density at radius 2 is 2.00 bits per heavy atom. The van der Waals surface area contributed by atoms with Crippen LogP contribution in [0.15, 0.2) is 12.4 Å². The second-order valence-electron chi connectivity index (χ2n) is 2.93. The quantitative estimate of drug-likeness (QED) is 0.665. The third-order valence-electron chi connectivity index (χ3n) is 1.53. The highest BCUT2D eigenvalue weighted by atomic mass is 35.5. The third-order valence-corrected chi connectivity index (χ3v) is 1.80. The number of aromatic nitrogens is 2. The Hall–Kier alpha value is -1.14. The summed E-state index contributed by atoms with van der Waals surface area (Å²) in [7, 11) is 0. The lowest BCUT2D eigenvalue weighted by atomic mass is 9.92. The first-order chi connectivity index (χ1) is 5.58. The van der Waals surface area contributed by atoms with Crippen LogP contribution in [0.3, 0.4) is 0 Å². The lowest BCUT2D eigenvalue weighted by Gasteiger charge is -2.14. The summed E-state index contributed by atoms with van der Waals surface area (Å²) in [6, 6.07) is 2.11. The fraction of sp³-hybridized carbons (Fsp3) is 0.375. The van der Waals surface area contributed by atoms with Crippen LogP contribution in [0.25, 0.3) is 0 Å². The molecule has 0 aliphatic heterocycles. The molecule has 0 bridgehead atoms. The van der Waals surface area contributed by atoms with Crippen molar-refractivity contribution in [2.45, 2.75) is 19.3 Å². The average Bonchev–Trinajstić information content (AvgIpc) is 2.05. The van der Waals surface area contributed by atoms with Gasteiger partial charge in [0.2, 0.25) is 0 Å². The molecule has 0 unspecified atom stereocenters. The Balaban J connectivity index is 3.22. The van der Waals surface area contributed by atoms with Crippen molar-refractivity contribution in [1.29, 1.82) is 5.26 Å². The molecule has 3 nitrogen and oxygen atoms in total. The van der Waals surface area contributed by atoms with Crippen molar-refractivity contribution in [1.82, 2.24) is 9.97 Å². The van der Waals surface area contributed by atoms with E-state index in [2.05, 4.69) is 16.0 Å². The molecular formula is C8H8ClN3. The predicted molar refractivity (Wildman–Crippen MR) is 45.7 cm³/mol. The molecule has 4 heteroatoms. The number of nitrogens with zero attached hydrogens (tertiary/aromatic N) is 3. The van der Waals surface area contributed by atoms with E-state index in [1.165, 1.54) is 12.4 Å². The molecule has 0 fully saturated rings. The van der Waals surface area contributed by atoms with E-state index in [1.807, 2.05) is 0 Å². The largest absolute Gasteiger partial charge is 0.255 e. The summed E-state index contributed by atoms with van der Waals surface area (Å²) in [6.07, 6.45) is 3.03. The molecule has 62 valence electrons. The smallest absolute Gasteiger partial charge is 0.152 e. The van der Waals surface area contributed by atoms with Crippen molar-refractivity contribution in [2.24, 2.45) is 0 Å². The molecule has 0 N–H and O–H groups in total. The first-order valence-corrected chi connectivity index (χ1v) is 3.84. The van der Waals surface area contributed by atoms with Crippen LogP contribution < -0.4 is 0 Å². The van der Waals surface area contributed by atoms with Gasteiger partial charge in [-0.3, -0.25) is 4.98 Å². The van der Waals surface area contributed by atoms with Crippen LogP contribution in [0.4, 0.5) is 0 Å². The van der Waals surface area contributed by atoms with Crippen molar-refractivity contribution in [3.63, 3.8) is 0 Å². The maximum atomic E-state index is 8.80. The zero-order valence-corrected chi connectivity index (χ0v) is 7.63. The van der Waals surface area contributed by atoms with Gasteiger partial charge in [-0.1, -0.05) is 11.6 Å². The topological polar surface area (TPSA) is 49.6 Å². The molecule has 0 saturated carbocycles. The first-order valence-electron chi connectivity index (χ1n) is 3.46. The van der Waals surface area contributed by atoms with Gasteiger partial charge in [-0.15, -0.1) is 0 Å². The number of hydrogen-bond acceptors (Lipinski definition) is 3. The standard InChI is InChI=1S/C8H8ClN3/c1-8(2,5-10)6-7(9)12-4-3-11-6/h3-4H,1-2H3. The number of halogens is 1. The number of rotatable bonds is 1. The van der Waals surface area contributed by atoms with E-state index in [9.17, 15) is 0 Å². The Morgan fingerprint density at radius 1 is 1.42 bits per heavy atom. The van der Waals surface area contributed by atoms with Gasteiger partial charge in [-0.2, -0.15) is 5.26 Å². The summed E-state index contributed by atoms with van der Waals surface area (Å²) < 4.78 is 0. The van der Waals surface area contributed by atoms with Gasteiger partial charge in [0.1, 0.15) is 0 Å². The molecule has 0 saturated heterocycles. The summed E-state index contributed by atoms with van der Waals surface area (Å²) in [6.45, 7) is 3.51. The van der Waals surface area contributed by atoms with Gasteiger partial charge in [-0.05, 0) is 13.8 Å². The maximum absolute atomic E-state index is 8.80. The Labute approximate surface area is 76.0 Å². The molecule has 1 rings (SSSR count). The van der Waals surface area contributed by atoms with Crippen LogP contribution in [0.5, 0.6) is 0 Å². The summed E-state index contributed by atoms with van der Waals surface area (Å²) >= 11 is 5.76. The summed E-state index contributed by atoms with van der Waals surface area (Å²) in [5.41, 5.74) is -0.153. The van der Waals surface area contributed by atoms with Crippen LogP contribution in [-0.2, 0) is 5.41 Å². The minimum Gasteiger partial charge on any atom is -0.255 e. The van der Waals surface area contributed by atoms with Crippen LogP contribution in [0.2, 0.25) is 5.15 Å². The van der Waals surface area contributed by atoms with Crippen molar-refractivity contribution in [3.05, 3.63) is 23.2 Å². The zero-order valence-electron chi connectivity index (χ0n) is 6.87. The predicted octanol–water partition coefficient (Wildman–Crippen LogP) is 1.93. The van der Waals surface area contributed by atoms with Gasteiger partial charge in [0.25, 0.3) is 0 Å². The third kappa shape index (κ3) is 1.54. The SMILES string of the molecule is CC(C)(C#N)c1nccnc1Cl. The molecule has 0 aromatic carbocycles. The molecule has 1 heterocycles. The van der Waals surface area contributed by atoms with E-state index in [-0.39, 0.29) is 0 Å². The summed E-state index contributed by atoms with van der Waals surface area (Å²) in [5, 5.41) is 9.09. The van der Waals surface area contributed by atoms with Gasteiger partial charge < -0.3 is 0 Å². The van der Waals surface area contributed by atoms with E-state index in [4.69, 9.17) is 16.9 Å². The lowest BCUT2D eigenvalue weighted by molar-refractivity contribution is 0.654. The average molecular weight is 182 g/mol. The maximum Gasteiger partial charge on any atom is 0.152 e. The van der Waals surface area contributed by atoms with Crippen LogP contribution in [0, 0.1) is 11.3 Å². The molecule has 1 aromatic rings. The minimum absolute atomic E-state index is 0.295. The fourth-order valence-corrected chi connectivity index (χ4v) is 1.13. The Kier molecular flexibility index (Phi) is 2.30. The van der Waals surface area contributed by atoms with E-state index in [0.717, 1.165) is 0 Å². The van der Waals surface area contributed by atoms with Gasteiger partial charge in [-0.25, -0.2) is 4.98 Å². The van der Waals surface area contributed by atoms with Crippen molar-refractivity contribution < 1.29 is 0 Å². The number of nitriles is 1. The van der Waals surface area contributed by atoms with Gasteiger partial charge in [0, 0.05) is 12.4 Å². The molecule has 0 amide bonds. The minimum atomic E-state index is -0.675. The Morgan fingerprint density at radius 3 is 2.50 bits per heavy atom. The van der Waals surface area contributed by atoms with Crippen molar-refractivity contribution in [2.75, 3.05) is 0 Å². The molecule has 0 aliphatic rings. The van der Waals surface area contributed by atoms with E-state index < -0.39 is 5.41 Å². The van der Waals surface area contributed by atoms with Crippen molar-refractivity contribution in [3.8, 4) is 6.07 Å². The highest BCUT2D eigenvalue weighted by Gasteiger charge is 2.24. The van der Waals surface area contributed by atoms with E-state index in [1.54, 1.807) is 13.8 Å². The second kappa shape index (κ2) is 3.08. The molecule has 0 atom stereocenters. The van der Waals surface area contributed by atoms with Gasteiger partial charge >= 0.3 is 0 Å². The zero-order chi connectivity index (χ0) is 9.19. The second-order valence-corrected chi connectivity index (χ2v) is 3.29. The molecule has 1 aromatic heterocycles. The fourth-order valence-electron chi connectivity index (χ4n) is 0.793. The normalized spacial score (nSPS) is 10.8. The highest BCUT2D eigenvalue weighted by Crippen LogP contribution is 2.24. The lowest BCUT2D eigenvalue weighted by Crippen LogP contribution is -2.16. The van der Waals surface area contributed by atoms with Gasteiger partial charge in [0.05, 0.1) is 17.2 Å². The molecule has 0 radical (unpaired) electrons. The molecule has 0 spiro atoms. The van der Waals surface area contributed by atoms with Crippen LogP contribution in [-0.4, -0.2) is 9.97 Å². The van der Waals surface area contributed by atoms with Gasteiger partial charge in [0.15, 0.2) is 5.15 Å². The monoisotopic (exact) mass is 181 g/mol. The highest BCUT2D eigenvalue weighted by molar-refractivity contribution is 6.30. The molecule has 12 heavy (non-hydrogen) atoms. The Bertz CT molecular complexity index is 327. The first kappa shape index (κ1) is 8.95. The summed E-state index contributed by atoms with van der Waals surface area (Å²) in [5.74, 6) is 0. The van der Waals surface area contributed by atoms with E-state index in [0.29, 0.717) is 10.8 Å². The van der Waals surface area contributed by atoms with Crippen LogP contribution >= 0.6 is 11.6 Å². The molecular weight excluding hydrogens is 174 g/mol. The van der Waals surface area contributed by atoms with E-state index >= 15 is 0 Å². The number of hydrogen-bond donors (Lipinski definition) is 0. The van der Waals surface area contributed by atoms with Crippen molar-refractivity contribution >= 4 is 11.6 Å². The van der Waals surface area contributed by atoms with Crippen LogP contribution in [0.1, 0.15) is 19.5 Å². The summed E-state index contributed by atoms with van der Waals surface area (Å²) in [4.78, 5) is 7.85.